The number of nitrogens with two attached hydrogens (primary N) is 1. The average Bonchev–Trinajstić information content (AvgIpc) is 2.58. The van der Waals surface area contributed by atoms with Gasteiger partial charge in [0.25, 0.3) is 0 Å². The van der Waals surface area contributed by atoms with Gasteiger partial charge in [-0.2, -0.15) is 5.10 Å². The lowest BCUT2D eigenvalue weighted by Crippen LogP contribution is -2.48. The smallest absolute Gasteiger partial charge is 0.184 e. The fraction of sp³-hybridized carbons (Fsp3) is 0.750. The number of thiocarbonyl (C=S) groups is 1. The highest BCUT2D eigenvalue weighted by Crippen LogP contribution is 2.60. The zero-order valence-electron chi connectivity index (χ0n) is 18.9. The Morgan fingerprint density at radius 1 is 1.29 bits per heavy atom. The number of fused-ring (bicyclic) bond motifs is 1. The number of hydrogen-bond donors (Lipinski definition) is 2. The highest BCUT2D eigenvalue weighted by atomic mass is 32.1. The van der Waals surface area contributed by atoms with E-state index in [9.17, 15) is 0 Å². The topological polar surface area (TPSA) is 50.4 Å². The number of hydrogen-bond acceptors (Lipinski definition) is 2. The Morgan fingerprint density at radius 3 is 2.68 bits per heavy atom. The first kappa shape index (κ1) is 23.1. The summed E-state index contributed by atoms with van der Waals surface area (Å²) in [5.74, 6) is 1.55. The Bertz CT molecular complexity index is 659. The van der Waals surface area contributed by atoms with Crippen molar-refractivity contribution in [3.05, 3.63) is 23.3 Å². The minimum Gasteiger partial charge on any atom is -0.375 e. The summed E-state index contributed by atoms with van der Waals surface area (Å²) in [6.45, 7) is 14.3. The first-order valence-corrected chi connectivity index (χ1v) is 11.4. The van der Waals surface area contributed by atoms with E-state index in [1.54, 1.807) is 5.57 Å². The van der Waals surface area contributed by atoms with Gasteiger partial charge in [-0.25, -0.2) is 0 Å². The summed E-state index contributed by atoms with van der Waals surface area (Å²) in [7, 11) is 0. The van der Waals surface area contributed by atoms with Crippen LogP contribution in [0.4, 0.5) is 0 Å². The number of rotatable bonds is 7. The van der Waals surface area contributed by atoms with Crippen molar-refractivity contribution in [1.29, 1.82) is 0 Å². The molecule has 0 heterocycles. The normalized spacial score (nSPS) is 30.4. The highest BCUT2D eigenvalue weighted by Gasteiger charge is 2.51. The van der Waals surface area contributed by atoms with E-state index in [1.165, 1.54) is 44.1 Å². The standard InChI is InChI=1S/C24H41N3S/c1-17(9-7-10-19(3)26-27-22(25)28)11-13-20-18(2)12-14-21-23(4,5)15-8-16-24(20,21)6/h9,12,20-21H,7-8,10-11,13-16H2,1-6H3,(H3,25,27,28)/b17-9?,26-19-/t20-,21-,24-/m1/s1. The van der Waals surface area contributed by atoms with Crippen molar-refractivity contribution < 1.29 is 0 Å². The maximum Gasteiger partial charge on any atom is 0.184 e. The zero-order chi connectivity index (χ0) is 20.9. The molecule has 0 aromatic heterocycles. The molecule has 1 fully saturated rings. The molecule has 2 aliphatic rings. The third kappa shape index (κ3) is 5.68. The number of hydrazone groups is 1. The van der Waals surface area contributed by atoms with Crippen LogP contribution in [-0.4, -0.2) is 10.8 Å². The first-order chi connectivity index (χ1) is 13.1. The van der Waals surface area contributed by atoms with Gasteiger partial charge in [0.2, 0.25) is 0 Å². The van der Waals surface area contributed by atoms with E-state index in [2.05, 4.69) is 57.3 Å². The summed E-state index contributed by atoms with van der Waals surface area (Å²) in [5.41, 5.74) is 13.2. The number of nitrogens with one attached hydrogen (secondary N) is 1. The van der Waals surface area contributed by atoms with E-state index in [0.717, 1.165) is 30.4 Å². The molecule has 158 valence electrons. The van der Waals surface area contributed by atoms with Gasteiger partial charge in [-0.05, 0) is 101 Å². The van der Waals surface area contributed by atoms with E-state index < -0.39 is 0 Å². The lowest BCUT2D eigenvalue weighted by molar-refractivity contribution is -0.0390. The molecule has 1 saturated carbocycles. The van der Waals surface area contributed by atoms with Crippen molar-refractivity contribution in [3.63, 3.8) is 0 Å². The van der Waals surface area contributed by atoms with Gasteiger partial charge in [0, 0.05) is 5.71 Å². The second kappa shape index (κ2) is 9.56. The maximum atomic E-state index is 5.41. The molecule has 2 rings (SSSR count). The van der Waals surface area contributed by atoms with Gasteiger partial charge >= 0.3 is 0 Å². The number of nitrogens with zero attached hydrogens (tertiary/aromatic N) is 1. The summed E-state index contributed by atoms with van der Waals surface area (Å²) in [6, 6.07) is 0. The molecule has 3 nitrogen and oxygen atoms in total. The van der Waals surface area contributed by atoms with Crippen molar-refractivity contribution >= 4 is 23.0 Å². The quantitative estimate of drug-likeness (QED) is 0.221. The molecule has 0 unspecified atom stereocenters. The van der Waals surface area contributed by atoms with Crippen LogP contribution >= 0.6 is 12.2 Å². The Balaban J connectivity index is 1.95. The fourth-order valence-corrected chi connectivity index (χ4v) is 5.95. The van der Waals surface area contributed by atoms with E-state index in [4.69, 9.17) is 18.0 Å². The molecule has 4 heteroatoms. The van der Waals surface area contributed by atoms with Gasteiger partial charge in [0.05, 0.1) is 0 Å². The molecule has 0 amide bonds. The minimum absolute atomic E-state index is 0.222. The molecule has 3 N–H and O–H groups in total. The van der Waals surface area contributed by atoms with Crippen LogP contribution in [0.2, 0.25) is 0 Å². The SMILES string of the molecule is CC(=CCC/C(C)=N\NC(N)=S)CC[C@@H]1C(C)=CC[C@@H]2C(C)(C)CCC[C@]12C. The van der Waals surface area contributed by atoms with Crippen molar-refractivity contribution in [3.8, 4) is 0 Å². The Kier molecular flexibility index (Phi) is 7.89. The minimum atomic E-state index is 0.222. The predicted octanol–water partition coefficient (Wildman–Crippen LogP) is 6.50. The number of allylic oxidation sites excluding steroid dienone is 4. The highest BCUT2D eigenvalue weighted by molar-refractivity contribution is 7.80. The van der Waals surface area contributed by atoms with E-state index in [1.807, 2.05) is 6.92 Å². The van der Waals surface area contributed by atoms with Crippen LogP contribution in [0, 0.1) is 22.7 Å². The monoisotopic (exact) mass is 403 g/mol. The average molecular weight is 404 g/mol. The van der Waals surface area contributed by atoms with Crippen molar-refractivity contribution in [2.24, 2.45) is 33.5 Å². The van der Waals surface area contributed by atoms with Crippen LogP contribution in [0.1, 0.15) is 92.9 Å². The van der Waals surface area contributed by atoms with Crippen molar-refractivity contribution in [2.75, 3.05) is 0 Å². The van der Waals surface area contributed by atoms with Gasteiger partial charge in [0.1, 0.15) is 0 Å². The molecular formula is C24H41N3S. The molecule has 0 radical (unpaired) electrons. The largest absolute Gasteiger partial charge is 0.375 e. The van der Waals surface area contributed by atoms with Crippen LogP contribution in [0.15, 0.2) is 28.4 Å². The fourth-order valence-electron chi connectivity index (χ4n) is 5.90. The van der Waals surface area contributed by atoms with Crippen LogP contribution in [-0.2, 0) is 0 Å². The second-order valence-electron chi connectivity index (χ2n) is 10.1. The van der Waals surface area contributed by atoms with Crippen LogP contribution in [0.25, 0.3) is 0 Å². The lowest BCUT2D eigenvalue weighted by atomic mass is 9.48. The van der Waals surface area contributed by atoms with Crippen molar-refractivity contribution in [2.45, 2.75) is 92.9 Å². The van der Waals surface area contributed by atoms with E-state index in [0.29, 0.717) is 10.8 Å². The summed E-state index contributed by atoms with van der Waals surface area (Å²) < 4.78 is 0. The second-order valence-corrected chi connectivity index (χ2v) is 10.5. The molecule has 0 bridgehead atoms. The molecule has 2 aliphatic carbocycles. The van der Waals surface area contributed by atoms with E-state index >= 15 is 0 Å². The van der Waals surface area contributed by atoms with Crippen LogP contribution < -0.4 is 11.2 Å². The first-order valence-electron chi connectivity index (χ1n) is 11.0. The summed E-state index contributed by atoms with van der Waals surface area (Å²) in [5, 5.41) is 4.40. The molecule has 0 aromatic rings. The van der Waals surface area contributed by atoms with Gasteiger partial charge in [-0.15, -0.1) is 0 Å². The maximum absolute atomic E-state index is 5.41. The summed E-state index contributed by atoms with van der Waals surface area (Å²) in [4.78, 5) is 0. The zero-order valence-corrected chi connectivity index (χ0v) is 19.7. The lowest BCUT2D eigenvalue weighted by Gasteiger charge is -2.57. The summed E-state index contributed by atoms with van der Waals surface area (Å²) in [6.07, 6.45) is 14.8. The molecule has 28 heavy (non-hydrogen) atoms. The third-order valence-corrected chi connectivity index (χ3v) is 7.57. The van der Waals surface area contributed by atoms with Gasteiger partial charge in [-0.1, -0.05) is 50.5 Å². The molecular weight excluding hydrogens is 362 g/mol. The van der Waals surface area contributed by atoms with Crippen LogP contribution in [0.5, 0.6) is 0 Å². The van der Waals surface area contributed by atoms with Gasteiger partial charge in [-0.3, -0.25) is 5.43 Å². The van der Waals surface area contributed by atoms with E-state index in [-0.39, 0.29) is 5.11 Å². The van der Waals surface area contributed by atoms with Gasteiger partial charge < -0.3 is 5.73 Å². The Hall–Kier alpha value is -1.16. The molecule has 0 spiro atoms. The molecule has 0 aliphatic heterocycles. The molecule has 0 saturated heterocycles. The van der Waals surface area contributed by atoms with Crippen LogP contribution in [0.3, 0.4) is 0 Å². The molecule has 3 atom stereocenters. The third-order valence-electron chi connectivity index (χ3n) is 7.48. The van der Waals surface area contributed by atoms with Gasteiger partial charge in [0.15, 0.2) is 5.11 Å². The Labute approximate surface area is 178 Å². The Morgan fingerprint density at radius 2 is 2.00 bits per heavy atom. The summed E-state index contributed by atoms with van der Waals surface area (Å²) >= 11 is 4.78. The molecule has 0 aromatic carbocycles. The predicted molar refractivity (Wildman–Crippen MR) is 126 cm³/mol. The van der Waals surface area contributed by atoms with Crippen molar-refractivity contribution in [1.82, 2.24) is 5.43 Å².